The highest BCUT2D eigenvalue weighted by Gasteiger charge is 2.14. The molecule has 1 aliphatic heterocycles. The molecule has 1 aromatic rings. The van der Waals surface area contributed by atoms with E-state index in [2.05, 4.69) is 24.1 Å². The van der Waals surface area contributed by atoms with Gasteiger partial charge in [0, 0.05) is 18.7 Å². The lowest BCUT2D eigenvalue weighted by Gasteiger charge is -2.16. The van der Waals surface area contributed by atoms with Gasteiger partial charge in [0.05, 0.1) is 0 Å². The largest absolute Gasteiger partial charge is 0.312 e. The Hall–Kier alpha value is -0.930. The van der Waals surface area contributed by atoms with Gasteiger partial charge in [-0.1, -0.05) is 26.0 Å². The maximum absolute atomic E-state index is 13.8. The normalized spacial score (nSPS) is 16.4. The van der Waals surface area contributed by atoms with E-state index in [1.165, 1.54) is 18.4 Å². The number of hydrogen-bond acceptors (Lipinski definition) is 2. The number of nitrogens with zero attached hydrogens (tertiary/aromatic N) is 1. The van der Waals surface area contributed by atoms with Crippen molar-refractivity contribution in [1.29, 1.82) is 0 Å². The Morgan fingerprint density at radius 1 is 1.26 bits per heavy atom. The molecule has 0 aliphatic carbocycles. The first-order valence-electron chi connectivity index (χ1n) is 7.35. The first-order chi connectivity index (χ1) is 9.15. The molecule has 2 rings (SSSR count). The van der Waals surface area contributed by atoms with Crippen LogP contribution >= 0.6 is 0 Å². The Labute approximate surface area is 116 Å². The average molecular weight is 264 g/mol. The maximum Gasteiger partial charge on any atom is 0.127 e. The molecule has 1 N–H and O–H groups in total. The summed E-state index contributed by atoms with van der Waals surface area (Å²) in [7, 11) is 0. The van der Waals surface area contributed by atoms with Crippen molar-refractivity contribution >= 4 is 0 Å². The topological polar surface area (TPSA) is 15.3 Å². The Bertz CT molecular complexity index is 398. The van der Waals surface area contributed by atoms with Crippen molar-refractivity contribution in [2.75, 3.05) is 19.6 Å². The summed E-state index contributed by atoms with van der Waals surface area (Å²) in [6, 6.07) is 5.51. The van der Waals surface area contributed by atoms with Crippen molar-refractivity contribution in [2.24, 2.45) is 5.92 Å². The van der Waals surface area contributed by atoms with Crippen molar-refractivity contribution in [3.8, 4) is 0 Å². The second kappa shape index (κ2) is 7.01. The predicted octanol–water partition coefficient (Wildman–Crippen LogP) is 3.17. The number of likely N-dealkylation sites (tertiary alicyclic amines) is 1. The molecule has 0 spiro atoms. The molecule has 1 aliphatic rings. The summed E-state index contributed by atoms with van der Waals surface area (Å²) in [6.07, 6.45) is 2.49. The van der Waals surface area contributed by atoms with Crippen LogP contribution in [0, 0.1) is 11.7 Å². The van der Waals surface area contributed by atoms with Gasteiger partial charge in [-0.05, 0) is 50.0 Å². The lowest BCUT2D eigenvalue weighted by Crippen LogP contribution is -2.21. The molecule has 0 atom stereocenters. The van der Waals surface area contributed by atoms with Crippen LogP contribution < -0.4 is 5.32 Å². The van der Waals surface area contributed by atoms with Crippen LogP contribution in [0.25, 0.3) is 0 Å². The Kier molecular flexibility index (Phi) is 5.34. The monoisotopic (exact) mass is 264 g/mol. The molecule has 1 heterocycles. The van der Waals surface area contributed by atoms with Crippen LogP contribution in [0.4, 0.5) is 4.39 Å². The van der Waals surface area contributed by atoms with Gasteiger partial charge in [-0.2, -0.15) is 0 Å². The van der Waals surface area contributed by atoms with E-state index in [-0.39, 0.29) is 5.82 Å². The van der Waals surface area contributed by atoms with E-state index < -0.39 is 0 Å². The summed E-state index contributed by atoms with van der Waals surface area (Å²) in [5, 5.41) is 3.41. The van der Waals surface area contributed by atoms with Crippen LogP contribution in [0.3, 0.4) is 0 Å². The number of benzene rings is 1. The van der Waals surface area contributed by atoms with Crippen molar-refractivity contribution < 1.29 is 4.39 Å². The van der Waals surface area contributed by atoms with Gasteiger partial charge in [-0.15, -0.1) is 0 Å². The van der Waals surface area contributed by atoms with Crippen LogP contribution in [0.1, 0.15) is 37.8 Å². The zero-order chi connectivity index (χ0) is 13.7. The predicted molar refractivity (Wildman–Crippen MR) is 77.5 cm³/mol. The second-order valence-electron chi connectivity index (χ2n) is 5.93. The summed E-state index contributed by atoms with van der Waals surface area (Å²) in [5.74, 6) is 0.573. The highest BCUT2D eigenvalue weighted by atomic mass is 19.1. The summed E-state index contributed by atoms with van der Waals surface area (Å²) in [6.45, 7) is 9.17. The highest BCUT2D eigenvalue weighted by Crippen LogP contribution is 2.16. The van der Waals surface area contributed by atoms with Gasteiger partial charge in [-0.3, -0.25) is 4.90 Å². The minimum absolute atomic E-state index is 0.0699. The molecule has 0 unspecified atom stereocenters. The Morgan fingerprint density at radius 3 is 2.68 bits per heavy atom. The third-order valence-corrected chi connectivity index (χ3v) is 3.58. The van der Waals surface area contributed by atoms with E-state index in [4.69, 9.17) is 0 Å². The summed E-state index contributed by atoms with van der Waals surface area (Å²) in [4.78, 5) is 2.34. The fraction of sp³-hybridized carbons (Fsp3) is 0.625. The maximum atomic E-state index is 13.8. The number of hydrogen-bond donors (Lipinski definition) is 1. The third kappa shape index (κ3) is 4.59. The molecule has 19 heavy (non-hydrogen) atoms. The smallest absolute Gasteiger partial charge is 0.127 e. The van der Waals surface area contributed by atoms with Gasteiger partial charge in [0.15, 0.2) is 0 Å². The van der Waals surface area contributed by atoms with Gasteiger partial charge in [0.1, 0.15) is 5.82 Å². The fourth-order valence-corrected chi connectivity index (χ4v) is 2.55. The molecule has 1 fully saturated rings. The zero-order valence-corrected chi connectivity index (χ0v) is 12.1. The molecule has 1 saturated heterocycles. The first kappa shape index (κ1) is 14.5. The Morgan fingerprint density at radius 2 is 2.00 bits per heavy atom. The van der Waals surface area contributed by atoms with Crippen LogP contribution in [0.2, 0.25) is 0 Å². The summed E-state index contributed by atoms with van der Waals surface area (Å²) < 4.78 is 13.8. The highest BCUT2D eigenvalue weighted by molar-refractivity contribution is 5.25. The van der Waals surface area contributed by atoms with E-state index in [0.717, 1.165) is 38.3 Å². The zero-order valence-electron chi connectivity index (χ0n) is 12.1. The minimum atomic E-state index is -0.0699. The van der Waals surface area contributed by atoms with E-state index in [1.807, 2.05) is 12.1 Å². The van der Waals surface area contributed by atoms with E-state index in [9.17, 15) is 4.39 Å². The quantitative estimate of drug-likeness (QED) is 0.849. The van der Waals surface area contributed by atoms with Crippen molar-refractivity contribution in [1.82, 2.24) is 10.2 Å². The molecular formula is C16H25FN2. The SMILES string of the molecule is CC(C)CNCc1ccc(F)c(CN2CCCC2)c1. The minimum Gasteiger partial charge on any atom is -0.312 e. The molecular weight excluding hydrogens is 239 g/mol. The molecule has 2 nitrogen and oxygen atoms in total. The molecule has 0 radical (unpaired) electrons. The van der Waals surface area contributed by atoms with E-state index in [0.29, 0.717) is 5.92 Å². The molecule has 0 saturated carbocycles. The standard InChI is InChI=1S/C16H25FN2/c1-13(2)10-18-11-14-5-6-16(17)15(9-14)12-19-7-3-4-8-19/h5-6,9,13,18H,3-4,7-8,10-12H2,1-2H3. The number of rotatable bonds is 6. The van der Waals surface area contributed by atoms with E-state index >= 15 is 0 Å². The lowest BCUT2D eigenvalue weighted by molar-refractivity contribution is 0.325. The van der Waals surface area contributed by atoms with Crippen LogP contribution in [0.5, 0.6) is 0 Å². The summed E-state index contributed by atoms with van der Waals surface area (Å²) >= 11 is 0. The molecule has 0 bridgehead atoms. The first-order valence-corrected chi connectivity index (χ1v) is 7.35. The van der Waals surface area contributed by atoms with Crippen molar-refractivity contribution in [3.63, 3.8) is 0 Å². The summed E-state index contributed by atoms with van der Waals surface area (Å²) in [5.41, 5.74) is 2.02. The lowest BCUT2D eigenvalue weighted by atomic mass is 10.1. The van der Waals surface area contributed by atoms with Gasteiger partial charge in [0.25, 0.3) is 0 Å². The van der Waals surface area contributed by atoms with Crippen LogP contribution in [0.15, 0.2) is 18.2 Å². The molecule has 3 heteroatoms. The van der Waals surface area contributed by atoms with Gasteiger partial charge in [0.2, 0.25) is 0 Å². The third-order valence-electron chi connectivity index (χ3n) is 3.58. The van der Waals surface area contributed by atoms with Crippen LogP contribution in [-0.2, 0) is 13.1 Å². The molecule has 0 aromatic heterocycles. The van der Waals surface area contributed by atoms with E-state index in [1.54, 1.807) is 6.07 Å². The van der Waals surface area contributed by atoms with Crippen LogP contribution in [-0.4, -0.2) is 24.5 Å². The fourth-order valence-electron chi connectivity index (χ4n) is 2.55. The van der Waals surface area contributed by atoms with Gasteiger partial charge >= 0.3 is 0 Å². The average Bonchev–Trinajstić information content (AvgIpc) is 2.85. The molecule has 106 valence electrons. The molecule has 0 amide bonds. The van der Waals surface area contributed by atoms with Gasteiger partial charge < -0.3 is 5.32 Å². The van der Waals surface area contributed by atoms with Crippen molar-refractivity contribution in [3.05, 3.63) is 35.1 Å². The Balaban J connectivity index is 1.93. The number of halogens is 1. The van der Waals surface area contributed by atoms with Gasteiger partial charge in [-0.25, -0.2) is 4.39 Å². The second-order valence-corrected chi connectivity index (χ2v) is 5.93. The molecule has 1 aromatic carbocycles. The number of nitrogens with one attached hydrogen (secondary N) is 1. The van der Waals surface area contributed by atoms with Crippen molar-refractivity contribution in [2.45, 2.75) is 39.8 Å².